The van der Waals surface area contributed by atoms with Crippen molar-refractivity contribution in [2.75, 3.05) is 13.1 Å². The van der Waals surface area contributed by atoms with Gasteiger partial charge in [-0.15, -0.1) is 0 Å². The Hall–Kier alpha value is -4.44. The van der Waals surface area contributed by atoms with E-state index in [1.165, 1.54) is 0 Å². The van der Waals surface area contributed by atoms with Crippen LogP contribution in [0.4, 0.5) is 0 Å². The SMILES string of the molecule is CC(C)(C)CCC1(C(=O)NCC2CCC(CNC(=O)C3(CCC(C)(C)C)CCC(C)(C4(C)CC[C@H]5C(C)(C)C(=O)C(C#N)=CC5(C)/C4=C/C=O)CC3)CC2)CCC(C)(C2(C)CC[C@H]3C(C)(C)C(=O)C(C#N)=CC3(C)/C2=C/C=O)CC1. The minimum absolute atomic E-state index is 0.0367. The Morgan fingerprint density at radius 1 is 0.525 bits per heavy atom. The largest absolute Gasteiger partial charge is 0.355 e. The molecule has 2 amide bonds. The van der Waals surface area contributed by atoms with Crippen LogP contribution in [0, 0.1) is 111 Å². The molecule has 440 valence electrons. The number of nitrogens with zero attached hydrogens (tertiary/aromatic N) is 2. The summed E-state index contributed by atoms with van der Waals surface area (Å²) in [6.07, 6.45) is 26.3. The van der Waals surface area contributed by atoms with Gasteiger partial charge in [-0.2, -0.15) is 10.5 Å². The van der Waals surface area contributed by atoms with E-state index in [1.54, 1.807) is 12.2 Å². The van der Waals surface area contributed by atoms with Crippen molar-refractivity contribution in [2.45, 2.75) is 239 Å². The predicted octanol–water partition coefficient (Wildman–Crippen LogP) is 15.0. The molecule has 80 heavy (non-hydrogen) atoms. The lowest BCUT2D eigenvalue weighted by Crippen LogP contribution is -2.57. The molecule has 6 atom stereocenters. The van der Waals surface area contributed by atoms with Crippen molar-refractivity contribution in [1.82, 2.24) is 10.6 Å². The molecule has 0 aromatic carbocycles. The van der Waals surface area contributed by atoms with Gasteiger partial charge in [0.15, 0.2) is 11.6 Å². The van der Waals surface area contributed by atoms with E-state index in [-0.39, 0.29) is 78.9 Å². The second-order valence-corrected chi connectivity index (χ2v) is 32.4. The maximum Gasteiger partial charge on any atom is 0.226 e. The molecule has 7 aliphatic rings. The van der Waals surface area contributed by atoms with Crippen molar-refractivity contribution < 1.29 is 28.8 Å². The average molecular weight is 1100 g/mol. The molecule has 0 saturated heterocycles. The van der Waals surface area contributed by atoms with Gasteiger partial charge in [0, 0.05) is 45.6 Å². The van der Waals surface area contributed by atoms with Gasteiger partial charge < -0.3 is 10.6 Å². The van der Waals surface area contributed by atoms with Crippen molar-refractivity contribution >= 4 is 36.0 Å². The predicted molar refractivity (Wildman–Crippen MR) is 318 cm³/mol. The highest BCUT2D eigenvalue weighted by Crippen LogP contribution is 2.71. The van der Waals surface area contributed by atoms with Crippen LogP contribution in [0.1, 0.15) is 239 Å². The normalized spacial score (nSPS) is 40.0. The van der Waals surface area contributed by atoms with Crippen molar-refractivity contribution in [2.24, 2.45) is 88.7 Å². The molecule has 0 spiro atoms. The van der Waals surface area contributed by atoms with Gasteiger partial charge in [-0.05, 0) is 197 Å². The second-order valence-electron chi connectivity index (χ2n) is 32.4. The number of ketones is 2. The first-order valence-corrected chi connectivity index (χ1v) is 31.2. The Labute approximate surface area is 483 Å². The molecule has 2 N–H and O–H groups in total. The maximum atomic E-state index is 14.9. The third kappa shape index (κ3) is 11.0. The third-order valence-corrected chi connectivity index (χ3v) is 24.7. The van der Waals surface area contributed by atoms with Gasteiger partial charge in [-0.25, -0.2) is 0 Å². The molecular formula is C70H104N4O6. The van der Waals surface area contributed by atoms with Gasteiger partial charge in [-0.1, -0.05) is 134 Å². The summed E-state index contributed by atoms with van der Waals surface area (Å²) < 4.78 is 0. The van der Waals surface area contributed by atoms with Crippen LogP contribution in [0.3, 0.4) is 0 Å². The molecule has 0 aromatic heterocycles. The summed E-state index contributed by atoms with van der Waals surface area (Å²) >= 11 is 0. The molecule has 0 radical (unpaired) electrons. The Morgan fingerprint density at radius 3 is 1.11 bits per heavy atom. The zero-order valence-electron chi connectivity index (χ0n) is 52.7. The Balaban J connectivity index is 0.987. The van der Waals surface area contributed by atoms with Gasteiger partial charge in [0.2, 0.25) is 11.8 Å². The van der Waals surface area contributed by atoms with E-state index in [0.717, 1.165) is 152 Å². The number of hydrogen-bond donors (Lipinski definition) is 2. The monoisotopic (exact) mass is 1100 g/mol. The molecule has 0 aromatic rings. The number of carbonyl (C=O) groups excluding carboxylic acids is 6. The van der Waals surface area contributed by atoms with Gasteiger partial charge >= 0.3 is 0 Å². The highest BCUT2D eigenvalue weighted by atomic mass is 16.2. The highest BCUT2D eigenvalue weighted by molar-refractivity contribution is 6.05. The van der Waals surface area contributed by atoms with Crippen LogP contribution in [0.25, 0.3) is 0 Å². The van der Waals surface area contributed by atoms with Crippen LogP contribution < -0.4 is 10.6 Å². The summed E-state index contributed by atoms with van der Waals surface area (Å²) in [6, 6.07) is 4.41. The molecule has 5 fully saturated rings. The standard InChI is InChI=1S/C70H104N4O6/c1-59(2,3)27-33-69(35-29-63(11,30-36-69)67(15)25-21-51-61(7,8)55(77)49(43-71)41-65(51,13)53(67)23-39-75)57(79)73-45-47-17-19-48(20-18-47)46-74-58(80)70(34-28-60(4,5)6)37-31-64(12,32-38-70)68(16)26-22-52-62(9,10)56(78)50(44-72)42-66(52,14)54(68)24-40-76/h23-24,39-42,47-48,51-52H,17-22,25-38,45-46H2,1-16H3,(H,73,79)(H,74,80)/b53-23-,54-24-/t47?,48?,51-,52-,63?,64?,65?,66?,67?,68?,69?,70?/m0/s1. The van der Waals surface area contributed by atoms with Crippen LogP contribution in [0.15, 0.2) is 46.6 Å². The molecular weight excluding hydrogens is 993 g/mol. The molecule has 7 aliphatic carbocycles. The number of aldehydes is 2. The number of Topliss-reactive ketones (excluding diaryl/α,β-unsaturated/α-hetero) is 2. The zero-order chi connectivity index (χ0) is 59.6. The van der Waals surface area contributed by atoms with Crippen LogP contribution in [0.2, 0.25) is 0 Å². The summed E-state index contributed by atoms with van der Waals surface area (Å²) in [7, 11) is 0. The van der Waals surface area contributed by atoms with E-state index in [9.17, 15) is 39.3 Å². The van der Waals surface area contributed by atoms with E-state index in [4.69, 9.17) is 0 Å². The number of nitriles is 2. The Bertz CT molecular complexity index is 2480. The first kappa shape index (κ1) is 63.1. The molecule has 0 bridgehead atoms. The summed E-state index contributed by atoms with van der Waals surface area (Å²) in [5, 5.41) is 27.3. The lowest BCUT2D eigenvalue weighted by Gasteiger charge is -2.63. The molecule has 4 unspecified atom stereocenters. The fourth-order valence-corrected chi connectivity index (χ4v) is 18.5. The summed E-state index contributed by atoms with van der Waals surface area (Å²) in [5.74, 6) is 0.789. The van der Waals surface area contributed by atoms with Crippen LogP contribution in [-0.4, -0.2) is 49.0 Å². The van der Waals surface area contributed by atoms with E-state index >= 15 is 0 Å². The first-order valence-electron chi connectivity index (χ1n) is 31.2. The lowest BCUT2D eigenvalue weighted by atomic mass is 9.40. The van der Waals surface area contributed by atoms with Crippen LogP contribution >= 0.6 is 0 Å². The molecule has 0 aliphatic heterocycles. The lowest BCUT2D eigenvalue weighted by molar-refractivity contribution is -0.140. The molecule has 10 nitrogen and oxygen atoms in total. The number of rotatable bonds is 14. The number of amides is 2. The number of carbonyl (C=O) groups is 6. The van der Waals surface area contributed by atoms with Gasteiger partial charge in [0.1, 0.15) is 24.7 Å². The van der Waals surface area contributed by atoms with E-state index in [0.29, 0.717) is 24.9 Å². The Kier molecular flexibility index (Phi) is 17.3. The maximum absolute atomic E-state index is 14.9. The number of nitrogens with one attached hydrogen (secondary N) is 2. The zero-order valence-corrected chi connectivity index (χ0v) is 52.7. The number of allylic oxidation sites excluding steroid dienone is 8. The third-order valence-electron chi connectivity index (χ3n) is 24.7. The average Bonchev–Trinajstić information content (AvgIpc) is 3.39. The van der Waals surface area contributed by atoms with Gasteiger partial charge in [0.25, 0.3) is 0 Å². The van der Waals surface area contributed by atoms with Crippen molar-refractivity contribution in [1.29, 1.82) is 10.5 Å². The van der Waals surface area contributed by atoms with E-state index in [2.05, 4.69) is 106 Å². The Morgan fingerprint density at radius 2 is 0.838 bits per heavy atom. The molecule has 0 heterocycles. The fourth-order valence-electron chi connectivity index (χ4n) is 18.5. The molecule has 5 saturated carbocycles. The minimum Gasteiger partial charge on any atom is -0.355 e. The number of fused-ring (bicyclic) bond motifs is 2. The van der Waals surface area contributed by atoms with Gasteiger partial charge in [0.05, 0.1) is 11.1 Å². The van der Waals surface area contributed by atoms with Crippen LogP contribution in [0.5, 0.6) is 0 Å². The van der Waals surface area contributed by atoms with Crippen molar-refractivity contribution in [3.63, 3.8) is 0 Å². The van der Waals surface area contributed by atoms with E-state index < -0.39 is 32.5 Å². The molecule has 7 rings (SSSR count). The number of hydrogen-bond acceptors (Lipinski definition) is 8. The second kappa shape index (κ2) is 22.0. The minimum atomic E-state index is -0.735. The van der Waals surface area contributed by atoms with Crippen molar-refractivity contribution in [3.8, 4) is 12.1 Å². The van der Waals surface area contributed by atoms with Crippen LogP contribution in [-0.2, 0) is 28.8 Å². The summed E-state index contributed by atoms with van der Waals surface area (Å²) in [5.41, 5.74) is -2.34. The smallest absolute Gasteiger partial charge is 0.226 e. The highest BCUT2D eigenvalue weighted by Gasteiger charge is 2.65. The van der Waals surface area contributed by atoms with Gasteiger partial charge in [-0.3, -0.25) is 28.8 Å². The first-order chi connectivity index (χ1) is 37.0. The summed E-state index contributed by atoms with van der Waals surface area (Å²) in [6.45, 7) is 36.3. The van der Waals surface area contributed by atoms with E-state index in [1.807, 2.05) is 39.8 Å². The summed E-state index contributed by atoms with van der Waals surface area (Å²) in [4.78, 5) is 81.9. The fraction of sp³-hybridized carbons (Fsp3) is 0.771. The molecule has 10 heteroatoms. The topological polar surface area (TPSA) is 174 Å². The quantitative estimate of drug-likeness (QED) is 0.128. The van der Waals surface area contributed by atoms with Crippen molar-refractivity contribution in [3.05, 3.63) is 46.6 Å².